The second-order valence-electron chi connectivity index (χ2n) is 11.0. The van der Waals surface area contributed by atoms with Crippen molar-refractivity contribution < 1.29 is 8.42 Å². The van der Waals surface area contributed by atoms with Gasteiger partial charge in [-0.2, -0.15) is 0 Å². The van der Waals surface area contributed by atoms with E-state index in [2.05, 4.69) is 42.3 Å². The Morgan fingerprint density at radius 2 is 1.57 bits per heavy atom. The van der Waals surface area contributed by atoms with Crippen LogP contribution in [0, 0.1) is 0 Å². The highest BCUT2D eigenvalue weighted by atomic mass is 32.2. The van der Waals surface area contributed by atoms with Crippen LogP contribution in [0.1, 0.15) is 37.3 Å². The van der Waals surface area contributed by atoms with Gasteiger partial charge in [0.05, 0.1) is 10.3 Å². The van der Waals surface area contributed by atoms with Crippen LogP contribution < -0.4 is 10.5 Å². The minimum absolute atomic E-state index is 0.209. The lowest BCUT2D eigenvalue weighted by Gasteiger charge is -2.41. The molecule has 1 saturated heterocycles. The number of piperazine rings is 1. The van der Waals surface area contributed by atoms with E-state index in [9.17, 15) is 8.42 Å². The van der Waals surface area contributed by atoms with E-state index in [0.717, 1.165) is 66.7 Å². The molecule has 0 atom stereocenters. The third kappa shape index (κ3) is 5.49. The number of hydrogen-bond acceptors (Lipinski definition) is 7. The number of nitrogens with zero attached hydrogens (tertiary/aromatic N) is 5. The molecule has 0 bridgehead atoms. The fourth-order valence-electron chi connectivity index (χ4n) is 6.16. The molecule has 9 nitrogen and oxygen atoms in total. The molecule has 4 aromatic rings. The predicted molar refractivity (Wildman–Crippen MR) is 158 cm³/mol. The third-order valence-corrected chi connectivity index (χ3v) is 9.95. The zero-order chi connectivity index (χ0) is 27.7. The van der Waals surface area contributed by atoms with Gasteiger partial charge in [-0.25, -0.2) is 23.1 Å². The van der Waals surface area contributed by atoms with Crippen molar-refractivity contribution in [2.24, 2.45) is 0 Å². The lowest BCUT2D eigenvalue weighted by atomic mass is 9.89. The molecule has 210 valence electrons. The first-order chi connectivity index (χ1) is 19.4. The molecule has 2 aromatic carbocycles. The number of anilines is 1. The normalized spacial score (nSPS) is 21.1. The molecule has 0 unspecified atom stereocenters. The second kappa shape index (κ2) is 11.3. The topological polar surface area (TPSA) is 109 Å². The van der Waals surface area contributed by atoms with Crippen molar-refractivity contribution in [1.29, 1.82) is 0 Å². The van der Waals surface area contributed by atoms with Crippen molar-refractivity contribution in [3.8, 4) is 11.1 Å². The number of nitrogen functional groups attached to an aromatic ring is 1. The van der Waals surface area contributed by atoms with E-state index in [1.165, 1.54) is 12.8 Å². The van der Waals surface area contributed by atoms with Crippen molar-refractivity contribution in [1.82, 2.24) is 29.1 Å². The third-order valence-electron chi connectivity index (χ3n) is 8.54. The quantitative estimate of drug-likeness (QED) is 0.354. The number of nitrogens with one attached hydrogen (secondary N) is 1. The Bertz CT molecular complexity index is 1560. The van der Waals surface area contributed by atoms with Crippen LogP contribution in [-0.4, -0.2) is 72.0 Å². The molecule has 6 rings (SSSR count). The first-order valence-corrected chi connectivity index (χ1v) is 15.5. The van der Waals surface area contributed by atoms with Crippen LogP contribution in [0.3, 0.4) is 0 Å². The Labute approximate surface area is 236 Å². The van der Waals surface area contributed by atoms with Crippen molar-refractivity contribution in [3.05, 3.63) is 72.7 Å². The molecule has 3 N–H and O–H groups in total. The summed E-state index contributed by atoms with van der Waals surface area (Å²) in [7, 11) is -1.36. The molecule has 3 heterocycles. The Hall–Kier alpha value is -3.31. The Morgan fingerprint density at radius 1 is 0.900 bits per heavy atom. The highest BCUT2D eigenvalue weighted by Crippen LogP contribution is 2.39. The van der Waals surface area contributed by atoms with Crippen LogP contribution in [0.25, 0.3) is 22.2 Å². The van der Waals surface area contributed by atoms with E-state index in [4.69, 9.17) is 5.73 Å². The van der Waals surface area contributed by atoms with Gasteiger partial charge in [-0.3, -0.25) is 4.90 Å². The van der Waals surface area contributed by atoms with Gasteiger partial charge in [0.1, 0.15) is 17.8 Å². The molecule has 1 saturated carbocycles. The van der Waals surface area contributed by atoms with Gasteiger partial charge in [0.25, 0.3) is 0 Å². The lowest BCUT2D eigenvalue weighted by molar-refractivity contribution is 0.0828. The van der Waals surface area contributed by atoms with E-state index in [0.29, 0.717) is 17.9 Å². The van der Waals surface area contributed by atoms with Gasteiger partial charge in [-0.15, -0.1) is 0 Å². The summed E-state index contributed by atoms with van der Waals surface area (Å²) in [6, 6.07) is 17.4. The maximum absolute atomic E-state index is 12.6. The largest absolute Gasteiger partial charge is 0.383 e. The van der Waals surface area contributed by atoms with Crippen molar-refractivity contribution >= 4 is 26.9 Å². The second-order valence-corrected chi connectivity index (χ2v) is 12.8. The Kier molecular flexibility index (Phi) is 7.59. The zero-order valence-corrected chi connectivity index (χ0v) is 23.7. The van der Waals surface area contributed by atoms with E-state index in [1.54, 1.807) is 36.7 Å². The number of benzene rings is 2. The molecule has 0 spiro atoms. The fraction of sp³-hybridized carbons (Fsp3) is 0.400. The number of nitrogens with two attached hydrogens (primary N) is 1. The van der Waals surface area contributed by atoms with Crippen LogP contribution in [-0.2, 0) is 16.6 Å². The summed E-state index contributed by atoms with van der Waals surface area (Å²) in [5, 5.41) is 0.876. The number of likely N-dealkylation sites (N-methyl/N-ethyl adjacent to an activating group) is 1. The monoisotopic (exact) mass is 559 g/mol. The Morgan fingerprint density at radius 3 is 2.27 bits per heavy atom. The van der Waals surface area contributed by atoms with E-state index in [-0.39, 0.29) is 11.4 Å². The summed E-state index contributed by atoms with van der Waals surface area (Å²) in [6.07, 6.45) is 8.35. The highest BCUT2D eigenvalue weighted by Gasteiger charge is 2.30. The van der Waals surface area contributed by atoms with Gasteiger partial charge < -0.3 is 15.2 Å². The lowest BCUT2D eigenvalue weighted by Crippen LogP contribution is -2.49. The standard InChI is InChI=1S/C30H37N7O2S/c1-35-15-17-36(18-16-35)24-11-13-25(14-12-24)37-20-27(28-29(31)32-21-33-30(28)37)23-9-7-22(8-10-23)19-34-40(38,39)26-5-3-2-4-6-26/h2-10,20-21,24-25,34H,11-19H2,1H3,(H2,31,32,33)/t24-,25+. The average Bonchev–Trinajstić information content (AvgIpc) is 3.38. The molecule has 0 radical (unpaired) electrons. The van der Waals surface area contributed by atoms with Crippen LogP contribution >= 0.6 is 0 Å². The summed E-state index contributed by atoms with van der Waals surface area (Å²) >= 11 is 0. The maximum Gasteiger partial charge on any atom is 0.240 e. The Balaban J connectivity index is 1.19. The van der Waals surface area contributed by atoms with Crippen LogP contribution in [0.5, 0.6) is 0 Å². The fourth-order valence-corrected chi connectivity index (χ4v) is 7.20. The first kappa shape index (κ1) is 26.9. The number of hydrogen-bond donors (Lipinski definition) is 2. The summed E-state index contributed by atoms with van der Waals surface area (Å²) in [5.74, 6) is 0.476. The van der Waals surface area contributed by atoms with Crippen molar-refractivity contribution in [2.45, 2.75) is 49.2 Å². The minimum Gasteiger partial charge on any atom is -0.383 e. The number of rotatable bonds is 7. The summed E-state index contributed by atoms with van der Waals surface area (Å²) in [4.78, 5) is 14.3. The minimum atomic E-state index is -3.57. The molecular weight excluding hydrogens is 522 g/mol. The summed E-state index contributed by atoms with van der Waals surface area (Å²) < 4.78 is 30.2. The van der Waals surface area contributed by atoms with E-state index >= 15 is 0 Å². The molecule has 40 heavy (non-hydrogen) atoms. The molecule has 0 amide bonds. The summed E-state index contributed by atoms with van der Waals surface area (Å²) in [5.41, 5.74) is 10.2. The van der Waals surface area contributed by atoms with Gasteiger partial charge in [0.15, 0.2) is 0 Å². The molecule has 2 aliphatic rings. The van der Waals surface area contributed by atoms with Crippen molar-refractivity contribution in [3.63, 3.8) is 0 Å². The highest BCUT2D eigenvalue weighted by molar-refractivity contribution is 7.89. The molecule has 1 aliphatic heterocycles. The van der Waals surface area contributed by atoms with Crippen molar-refractivity contribution in [2.75, 3.05) is 39.0 Å². The summed E-state index contributed by atoms with van der Waals surface area (Å²) in [6.45, 7) is 4.84. The predicted octanol–water partition coefficient (Wildman–Crippen LogP) is 3.89. The molecule has 1 aliphatic carbocycles. The van der Waals surface area contributed by atoms with Gasteiger partial charge >= 0.3 is 0 Å². The molecular formula is C30H37N7O2S. The van der Waals surface area contributed by atoms with E-state index < -0.39 is 10.0 Å². The number of aromatic nitrogens is 3. The van der Waals surface area contributed by atoms with Gasteiger partial charge in [-0.1, -0.05) is 42.5 Å². The van der Waals surface area contributed by atoms with Crippen LogP contribution in [0.2, 0.25) is 0 Å². The maximum atomic E-state index is 12.6. The van der Waals surface area contributed by atoms with Gasteiger partial charge in [0.2, 0.25) is 10.0 Å². The molecule has 10 heteroatoms. The zero-order valence-electron chi connectivity index (χ0n) is 22.9. The van der Waals surface area contributed by atoms with E-state index in [1.807, 2.05) is 24.3 Å². The number of sulfonamides is 1. The molecule has 2 aromatic heterocycles. The SMILES string of the molecule is CN1CCN([C@H]2CC[C@@H](n3cc(-c4ccc(CNS(=O)(=O)c5ccccc5)cc4)c4c(N)ncnc43)CC2)CC1. The van der Waals surface area contributed by atoms with Gasteiger partial charge in [-0.05, 0) is 56.0 Å². The van der Waals surface area contributed by atoms with Gasteiger partial charge in [0, 0.05) is 56.6 Å². The average molecular weight is 560 g/mol. The molecule has 2 fully saturated rings. The van der Waals surface area contributed by atoms with Crippen LogP contribution in [0.4, 0.5) is 5.82 Å². The first-order valence-electron chi connectivity index (χ1n) is 14.1. The smallest absolute Gasteiger partial charge is 0.240 e. The number of fused-ring (bicyclic) bond motifs is 1. The van der Waals surface area contributed by atoms with Crippen LogP contribution in [0.15, 0.2) is 72.0 Å².